The summed E-state index contributed by atoms with van der Waals surface area (Å²) in [5.41, 5.74) is 0.887. The lowest BCUT2D eigenvalue weighted by Gasteiger charge is -1.98. The summed E-state index contributed by atoms with van der Waals surface area (Å²) in [4.78, 5) is 0. The van der Waals surface area contributed by atoms with Crippen LogP contribution in [0, 0.1) is 5.41 Å². The minimum Gasteiger partial charge on any atom is -0.323 e. The number of nitrogens with one attached hydrogen (secondary N) is 1. The van der Waals surface area contributed by atoms with Crippen LogP contribution in [0.25, 0.3) is 0 Å². The highest BCUT2D eigenvalue weighted by molar-refractivity contribution is 6.49. The lowest BCUT2D eigenvalue weighted by molar-refractivity contribution is 1.26. The van der Waals surface area contributed by atoms with Gasteiger partial charge in [0.05, 0.1) is 5.71 Å². The van der Waals surface area contributed by atoms with Crippen molar-refractivity contribution >= 4 is 11.4 Å². The third-order valence-electron chi connectivity index (χ3n) is 1.04. The van der Waals surface area contributed by atoms with E-state index in [1.807, 2.05) is 0 Å². The molecule has 1 aliphatic carbocycles. The van der Waals surface area contributed by atoms with Gasteiger partial charge < -0.3 is 5.84 Å². The molecule has 0 fully saturated rings. The molecule has 0 atom stereocenters. The van der Waals surface area contributed by atoms with Crippen LogP contribution in [0.2, 0.25) is 0 Å². The summed E-state index contributed by atoms with van der Waals surface area (Å²) >= 11 is 0. The second kappa shape index (κ2) is 2.26. The minimum absolute atomic E-state index is 0.361. The fourth-order valence-corrected chi connectivity index (χ4v) is 0.586. The highest BCUT2D eigenvalue weighted by atomic mass is 15.1. The average Bonchev–Trinajstić information content (AvgIpc) is 1.89. The Morgan fingerprint density at radius 1 is 1.33 bits per heavy atom. The highest BCUT2D eigenvalue weighted by Crippen LogP contribution is 1.93. The molecule has 9 heavy (non-hydrogen) atoms. The van der Waals surface area contributed by atoms with Crippen molar-refractivity contribution in [1.82, 2.24) is 0 Å². The quantitative estimate of drug-likeness (QED) is 0.273. The molecule has 0 saturated heterocycles. The van der Waals surface area contributed by atoms with E-state index in [-0.39, 0.29) is 0 Å². The fraction of sp³-hybridized carbons (Fsp3) is 0. The third-order valence-corrected chi connectivity index (χ3v) is 1.04. The molecule has 0 aliphatic heterocycles. The van der Waals surface area contributed by atoms with Gasteiger partial charge in [-0.1, -0.05) is 12.2 Å². The minimum atomic E-state index is 0.361. The van der Waals surface area contributed by atoms with E-state index in [1.165, 1.54) is 0 Å². The normalized spacial score (nSPS) is 21.3. The molecule has 3 N–H and O–H groups in total. The van der Waals surface area contributed by atoms with Crippen LogP contribution < -0.4 is 5.84 Å². The summed E-state index contributed by atoms with van der Waals surface area (Å²) in [7, 11) is 0. The number of allylic oxidation sites excluding steroid dienone is 4. The first-order chi connectivity index (χ1) is 4.34. The molecule has 1 rings (SSSR count). The van der Waals surface area contributed by atoms with Crippen molar-refractivity contribution in [2.45, 2.75) is 0 Å². The zero-order valence-corrected chi connectivity index (χ0v) is 4.83. The second-order valence-electron chi connectivity index (χ2n) is 1.65. The van der Waals surface area contributed by atoms with Crippen molar-refractivity contribution in [1.29, 1.82) is 5.41 Å². The lowest BCUT2D eigenvalue weighted by atomic mass is 10.1. The largest absolute Gasteiger partial charge is 0.323 e. The van der Waals surface area contributed by atoms with Crippen molar-refractivity contribution < 1.29 is 0 Å². The van der Waals surface area contributed by atoms with E-state index in [4.69, 9.17) is 11.3 Å². The molecule has 0 heterocycles. The number of hydrogen-bond donors (Lipinski definition) is 2. The number of hydrazone groups is 1. The molecule has 0 unspecified atom stereocenters. The summed E-state index contributed by atoms with van der Waals surface area (Å²) < 4.78 is 0. The van der Waals surface area contributed by atoms with Crippen LogP contribution in [-0.2, 0) is 0 Å². The van der Waals surface area contributed by atoms with Crippen LogP contribution in [0.4, 0.5) is 0 Å². The number of nitrogens with zero attached hydrogens (tertiary/aromatic N) is 1. The molecular formula is C6H7N3. The SMILES string of the molecule is N=C1C=CC=C/C1=N/N. The van der Waals surface area contributed by atoms with E-state index in [0.29, 0.717) is 11.4 Å². The molecule has 3 nitrogen and oxygen atoms in total. The second-order valence-corrected chi connectivity index (χ2v) is 1.65. The Morgan fingerprint density at radius 2 is 2.00 bits per heavy atom. The van der Waals surface area contributed by atoms with Crippen LogP contribution in [0.1, 0.15) is 0 Å². The number of rotatable bonds is 0. The third kappa shape index (κ3) is 1.05. The topological polar surface area (TPSA) is 62.2 Å². The van der Waals surface area contributed by atoms with Crippen LogP contribution in [0.3, 0.4) is 0 Å². The molecule has 0 bridgehead atoms. The molecule has 46 valence electrons. The highest BCUT2D eigenvalue weighted by Gasteiger charge is 2.00. The summed E-state index contributed by atoms with van der Waals surface area (Å²) in [5, 5.41) is 10.6. The molecule has 0 aromatic heterocycles. The van der Waals surface area contributed by atoms with E-state index in [9.17, 15) is 0 Å². The summed E-state index contributed by atoms with van der Waals surface area (Å²) in [6.07, 6.45) is 6.91. The monoisotopic (exact) mass is 121 g/mol. The van der Waals surface area contributed by atoms with Gasteiger partial charge in [-0.2, -0.15) is 5.10 Å². The van der Waals surface area contributed by atoms with Crippen molar-refractivity contribution in [3.63, 3.8) is 0 Å². The summed E-state index contributed by atoms with van der Waals surface area (Å²) in [5.74, 6) is 4.96. The Balaban J connectivity index is 2.91. The Morgan fingerprint density at radius 3 is 2.44 bits per heavy atom. The molecule has 0 saturated carbocycles. The average molecular weight is 121 g/mol. The van der Waals surface area contributed by atoms with Crippen LogP contribution in [-0.4, -0.2) is 11.4 Å². The first kappa shape index (κ1) is 5.75. The van der Waals surface area contributed by atoms with Gasteiger partial charge in [-0.05, 0) is 12.2 Å². The molecule has 0 spiro atoms. The van der Waals surface area contributed by atoms with E-state index in [1.54, 1.807) is 24.3 Å². The van der Waals surface area contributed by atoms with Crippen molar-refractivity contribution in [3.8, 4) is 0 Å². The van der Waals surface area contributed by atoms with Gasteiger partial charge in [-0.3, -0.25) is 5.41 Å². The van der Waals surface area contributed by atoms with Crippen molar-refractivity contribution in [3.05, 3.63) is 24.3 Å². The van der Waals surface area contributed by atoms with Gasteiger partial charge >= 0.3 is 0 Å². The molecule has 0 aromatic rings. The predicted molar refractivity (Wildman–Crippen MR) is 37.6 cm³/mol. The van der Waals surface area contributed by atoms with Gasteiger partial charge in [0, 0.05) is 0 Å². The molecule has 3 heteroatoms. The van der Waals surface area contributed by atoms with Gasteiger partial charge in [0.1, 0.15) is 5.71 Å². The maximum Gasteiger partial charge on any atom is 0.108 e. The lowest BCUT2D eigenvalue weighted by Crippen LogP contribution is -2.11. The molecular weight excluding hydrogens is 114 g/mol. The Kier molecular flexibility index (Phi) is 1.44. The standard InChI is InChI=1S/C6H7N3/c7-5-3-1-2-4-6(5)9-8/h1-4,7H,8H2/b7-5?,9-6-. The van der Waals surface area contributed by atoms with Gasteiger partial charge in [-0.25, -0.2) is 0 Å². The van der Waals surface area contributed by atoms with E-state index in [0.717, 1.165) is 0 Å². The van der Waals surface area contributed by atoms with Crippen LogP contribution in [0.15, 0.2) is 29.4 Å². The Hall–Kier alpha value is -1.38. The van der Waals surface area contributed by atoms with Crippen molar-refractivity contribution in [2.24, 2.45) is 10.9 Å². The van der Waals surface area contributed by atoms with E-state index >= 15 is 0 Å². The molecule has 0 amide bonds. The predicted octanol–water partition coefficient (Wildman–Crippen LogP) is 0.447. The molecule has 0 aromatic carbocycles. The first-order valence-electron chi connectivity index (χ1n) is 2.56. The molecule has 1 aliphatic rings. The molecule has 0 radical (unpaired) electrons. The van der Waals surface area contributed by atoms with Gasteiger partial charge in [0.2, 0.25) is 0 Å². The van der Waals surface area contributed by atoms with E-state index < -0.39 is 0 Å². The number of hydrogen-bond acceptors (Lipinski definition) is 3. The van der Waals surface area contributed by atoms with Crippen LogP contribution in [0.5, 0.6) is 0 Å². The zero-order valence-electron chi connectivity index (χ0n) is 4.83. The van der Waals surface area contributed by atoms with Gasteiger partial charge in [0.15, 0.2) is 0 Å². The van der Waals surface area contributed by atoms with Gasteiger partial charge in [0.25, 0.3) is 0 Å². The van der Waals surface area contributed by atoms with E-state index in [2.05, 4.69) is 5.10 Å². The first-order valence-corrected chi connectivity index (χ1v) is 2.56. The Bertz CT molecular complexity index is 210. The Labute approximate surface area is 53.1 Å². The maximum atomic E-state index is 7.20. The van der Waals surface area contributed by atoms with Crippen LogP contribution >= 0.6 is 0 Å². The number of nitrogens with two attached hydrogens (primary N) is 1. The van der Waals surface area contributed by atoms with Gasteiger partial charge in [-0.15, -0.1) is 0 Å². The fourth-order valence-electron chi connectivity index (χ4n) is 0.586. The van der Waals surface area contributed by atoms with Crippen molar-refractivity contribution in [2.75, 3.05) is 0 Å². The summed E-state index contributed by atoms with van der Waals surface area (Å²) in [6.45, 7) is 0. The smallest absolute Gasteiger partial charge is 0.108 e. The summed E-state index contributed by atoms with van der Waals surface area (Å²) in [6, 6.07) is 0. The maximum absolute atomic E-state index is 7.20. The zero-order chi connectivity index (χ0) is 6.69.